The van der Waals surface area contributed by atoms with Crippen molar-refractivity contribution in [3.63, 3.8) is 0 Å². The molecule has 1 rings (SSSR count). The molecule has 1 unspecified atom stereocenters. The van der Waals surface area contributed by atoms with Gasteiger partial charge in [-0.2, -0.15) is 0 Å². The number of aromatic nitrogens is 1. The summed E-state index contributed by atoms with van der Waals surface area (Å²) in [4.78, 5) is 14.0. The maximum atomic E-state index is 11.0. The molecular formula is C8H13N3O. The molecule has 12 heavy (non-hydrogen) atoms. The van der Waals surface area contributed by atoms with Gasteiger partial charge in [0, 0.05) is 25.4 Å². The van der Waals surface area contributed by atoms with Crippen molar-refractivity contribution in [2.45, 2.75) is 12.5 Å². The summed E-state index contributed by atoms with van der Waals surface area (Å²) >= 11 is 0. The molecule has 66 valence electrons. The number of carbonyl (C=O) groups excluding carboxylic acids is 1. The van der Waals surface area contributed by atoms with Gasteiger partial charge in [0.05, 0.1) is 6.04 Å². The zero-order chi connectivity index (χ0) is 8.97. The molecule has 1 amide bonds. The second-order valence-electron chi connectivity index (χ2n) is 2.62. The molecule has 0 fully saturated rings. The lowest BCUT2D eigenvalue weighted by Gasteiger charge is -2.07. The van der Waals surface area contributed by atoms with Gasteiger partial charge in [0.15, 0.2) is 0 Å². The lowest BCUT2D eigenvalue weighted by atomic mass is 10.1. The second-order valence-corrected chi connectivity index (χ2v) is 2.62. The van der Waals surface area contributed by atoms with Gasteiger partial charge in [-0.15, -0.1) is 0 Å². The Labute approximate surface area is 71.2 Å². The molecule has 0 radical (unpaired) electrons. The van der Waals surface area contributed by atoms with Crippen molar-refractivity contribution in [3.05, 3.63) is 24.0 Å². The lowest BCUT2D eigenvalue weighted by Crippen LogP contribution is -2.40. The molecule has 0 aliphatic heterocycles. The lowest BCUT2D eigenvalue weighted by molar-refractivity contribution is -0.121. The fraction of sp³-hybridized carbons (Fsp3) is 0.375. The summed E-state index contributed by atoms with van der Waals surface area (Å²) in [5, 5.41) is 2.50. The van der Waals surface area contributed by atoms with Gasteiger partial charge in [0.25, 0.3) is 0 Å². The Hall–Kier alpha value is -1.29. The van der Waals surface area contributed by atoms with Crippen LogP contribution in [0.2, 0.25) is 0 Å². The van der Waals surface area contributed by atoms with E-state index in [1.165, 1.54) is 0 Å². The van der Waals surface area contributed by atoms with Crippen LogP contribution in [-0.4, -0.2) is 24.0 Å². The van der Waals surface area contributed by atoms with Crippen molar-refractivity contribution >= 4 is 5.91 Å². The van der Waals surface area contributed by atoms with Crippen LogP contribution in [0, 0.1) is 0 Å². The number of hydrogen-bond acceptors (Lipinski definition) is 2. The standard InChI is InChI=1S/C8H13N3O/c1-10-8(12)7(9)5-6-3-2-4-11-6/h2-4,7,11H,5,9H2,1H3,(H,10,12). The van der Waals surface area contributed by atoms with E-state index < -0.39 is 6.04 Å². The van der Waals surface area contributed by atoms with Gasteiger partial charge in [0.2, 0.25) is 5.91 Å². The number of aromatic amines is 1. The van der Waals surface area contributed by atoms with Gasteiger partial charge in [-0.25, -0.2) is 0 Å². The Kier molecular flexibility index (Phi) is 2.88. The molecule has 0 spiro atoms. The molecule has 4 heteroatoms. The van der Waals surface area contributed by atoms with E-state index in [1.54, 1.807) is 7.05 Å². The molecule has 1 aromatic heterocycles. The highest BCUT2D eigenvalue weighted by Crippen LogP contribution is 1.97. The first-order chi connectivity index (χ1) is 5.74. The third kappa shape index (κ3) is 2.10. The van der Waals surface area contributed by atoms with Crippen molar-refractivity contribution in [2.24, 2.45) is 5.73 Å². The van der Waals surface area contributed by atoms with E-state index in [2.05, 4.69) is 10.3 Å². The number of nitrogens with two attached hydrogens (primary N) is 1. The largest absolute Gasteiger partial charge is 0.365 e. The van der Waals surface area contributed by atoms with Crippen molar-refractivity contribution < 1.29 is 4.79 Å². The monoisotopic (exact) mass is 167 g/mol. The van der Waals surface area contributed by atoms with Crippen LogP contribution in [0.5, 0.6) is 0 Å². The van der Waals surface area contributed by atoms with Gasteiger partial charge in [-0.3, -0.25) is 4.79 Å². The topological polar surface area (TPSA) is 70.9 Å². The van der Waals surface area contributed by atoms with Crippen LogP contribution < -0.4 is 11.1 Å². The Morgan fingerprint density at radius 1 is 1.83 bits per heavy atom. The average molecular weight is 167 g/mol. The van der Waals surface area contributed by atoms with Gasteiger partial charge in [-0.1, -0.05) is 0 Å². The number of hydrogen-bond donors (Lipinski definition) is 3. The van der Waals surface area contributed by atoms with E-state index in [4.69, 9.17) is 5.73 Å². The fourth-order valence-electron chi connectivity index (χ4n) is 1.01. The number of likely N-dealkylation sites (N-methyl/N-ethyl adjacent to an activating group) is 1. The molecule has 0 aliphatic carbocycles. The maximum absolute atomic E-state index is 11.0. The average Bonchev–Trinajstić information content (AvgIpc) is 2.55. The van der Waals surface area contributed by atoms with E-state index in [9.17, 15) is 4.79 Å². The highest BCUT2D eigenvalue weighted by Gasteiger charge is 2.11. The Morgan fingerprint density at radius 2 is 2.58 bits per heavy atom. The predicted molar refractivity (Wildman–Crippen MR) is 46.5 cm³/mol. The summed E-state index contributed by atoms with van der Waals surface area (Å²) < 4.78 is 0. The van der Waals surface area contributed by atoms with E-state index in [-0.39, 0.29) is 5.91 Å². The van der Waals surface area contributed by atoms with E-state index in [0.29, 0.717) is 6.42 Å². The molecule has 1 heterocycles. The normalized spacial score (nSPS) is 12.5. The van der Waals surface area contributed by atoms with Crippen LogP contribution in [-0.2, 0) is 11.2 Å². The zero-order valence-corrected chi connectivity index (χ0v) is 7.00. The highest BCUT2D eigenvalue weighted by atomic mass is 16.2. The second kappa shape index (κ2) is 3.92. The predicted octanol–water partition coefficient (Wildman–Crippen LogP) is -0.370. The van der Waals surface area contributed by atoms with Crippen LogP contribution in [0.25, 0.3) is 0 Å². The third-order valence-corrected chi connectivity index (χ3v) is 1.69. The highest BCUT2D eigenvalue weighted by molar-refractivity contribution is 5.81. The minimum absolute atomic E-state index is 0.135. The van der Waals surface area contributed by atoms with Gasteiger partial charge < -0.3 is 16.0 Å². The van der Waals surface area contributed by atoms with E-state index in [0.717, 1.165) is 5.69 Å². The Balaban J connectivity index is 2.47. The number of rotatable bonds is 3. The van der Waals surface area contributed by atoms with Gasteiger partial charge >= 0.3 is 0 Å². The molecular weight excluding hydrogens is 154 g/mol. The molecule has 0 aliphatic rings. The Bertz CT molecular complexity index is 243. The maximum Gasteiger partial charge on any atom is 0.237 e. The quantitative estimate of drug-likeness (QED) is 0.575. The van der Waals surface area contributed by atoms with Gasteiger partial charge in [-0.05, 0) is 12.1 Å². The van der Waals surface area contributed by atoms with Crippen LogP contribution in [0.15, 0.2) is 18.3 Å². The van der Waals surface area contributed by atoms with Crippen LogP contribution in [0.1, 0.15) is 5.69 Å². The van der Waals surface area contributed by atoms with Crippen molar-refractivity contribution in [3.8, 4) is 0 Å². The number of nitrogens with one attached hydrogen (secondary N) is 2. The molecule has 4 nitrogen and oxygen atoms in total. The minimum Gasteiger partial charge on any atom is -0.365 e. The number of H-pyrrole nitrogens is 1. The summed E-state index contributed by atoms with van der Waals surface area (Å²) in [7, 11) is 1.58. The summed E-state index contributed by atoms with van der Waals surface area (Å²) in [6, 6.07) is 3.32. The molecule has 4 N–H and O–H groups in total. The van der Waals surface area contributed by atoms with E-state index >= 15 is 0 Å². The summed E-state index contributed by atoms with van der Waals surface area (Å²) in [5.41, 5.74) is 6.56. The van der Waals surface area contributed by atoms with Crippen LogP contribution in [0.3, 0.4) is 0 Å². The smallest absolute Gasteiger partial charge is 0.237 e. The molecule has 0 saturated carbocycles. The van der Waals surface area contributed by atoms with Crippen molar-refractivity contribution in [1.82, 2.24) is 10.3 Å². The summed E-state index contributed by atoms with van der Waals surface area (Å²) in [6.45, 7) is 0. The molecule has 0 saturated heterocycles. The molecule has 1 atom stereocenters. The van der Waals surface area contributed by atoms with Gasteiger partial charge in [0.1, 0.15) is 0 Å². The van der Waals surface area contributed by atoms with Crippen LogP contribution >= 0.6 is 0 Å². The Morgan fingerprint density at radius 3 is 3.08 bits per heavy atom. The number of carbonyl (C=O) groups is 1. The first-order valence-corrected chi connectivity index (χ1v) is 3.83. The summed E-state index contributed by atoms with van der Waals surface area (Å²) in [5.74, 6) is -0.135. The molecule has 1 aromatic rings. The van der Waals surface area contributed by atoms with Crippen LogP contribution in [0.4, 0.5) is 0 Å². The van der Waals surface area contributed by atoms with E-state index in [1.807, 2.05) is 18.3 Å². The molecule has 0 bridgehead atoms. The minimum atomic E-state index is -0.464. The van der Waals surface area contributed by atoms with Crippen molar-refractivity contribution in [2.75, 3.05) is 7.05 Å². The zero-order valence-electron chi connectivity index (χ0n) is 7.00. The molecule has 0 aromatic carbocycles. The first kappa shape index (κ1) is 8.80. The fourth-order valence-corrected chi connectivity index (χ4v) is 1.01. The first-order valence-electron chi connectivity index (χ1n) is 3.83. The number of amides is 1. The SMILES string of the molecule is CNC(=O)C(N)Cc1ccc[nH]1. The summed E-state index contributed by atoms with van der Waals surface area (Å²) in [6.07, 6.45) is 2.36. The third-order valence-electron chi connectivity index (χ3n) is 1.69. The van der Waals surface area contributed by atoms with Crippen molar-refractivity contribution in [1.29, 1.82) is 0 Å².